The fourth-order valence-electron chi connectivity index (χ4n) is 3.29. The first-order valence-corrected chi connectivity index (χ1v) is 7.15. The number of halogens is 1. The van der Waals surface area contributed by atoms with Gasteiger partial charge >= 0.3 is 5.97 Å². The molecule has 114 valence electrons. The van der Waals surface area contributed by atoms with Crippen LogP contribution in [0.15, 0.2) is 24.3 Å². The monoisotopic (exact) mass is 294 g/mol. The lowest BCUT2D eigenvalue weighted by atomic mass is 9.97. The number of hydrogen-bond donors (Lipinski definition) is 2. The molecule has 2 saturated heterocycles. The molecule has 21 heavy (non-hydrogen) atoms. The Balaban J connectivity index is 1.57. The molecule has 2 aliphatic rings. The molecule has 1 aromatic carbocycles. The summed E-state index contributed by atoms with van der Waals surface area (Å²) in [4.78, 5) is 12.7. The van der Waals surface area contributed by atoms with Crippen molar-refractivity contribution in [2.24, 2.45) is 0 Å². The van der Waals surface area contributed by atoms with Crippen LogP contribution in [0.4, 0.5) is 10.1 Å². The number of benzene rings is 1. The molecule has 0 radical (unpaired) electrons. The highest BCUT2D eigenvalue weighted by molar-refractivity contribution is 5.69. The normalized spacial score (nSPS) is 29.1. The van der Waals surface area contributed by atoms with Crippen LogP contribution in [0.1, 0.15) is 12.8 Å². The molecular weight excluding hydrogens is 275 g/mol. The van der Waals surface area contributed by atoms with Gasteiger partial charge in [-0.15, -0.1) is 0 Å². The molecule has 0 aliphatic carbocycles. The van der Waals surface area contributed by atoms with Gasteiger partial charge in [-0.2, -0.15) is 0 Å². The van der Waals surface area contributed by atoms with Crippen LogP contribution >= 0.6 is 0 Å². The highest BCUT2D eigenvalue weighted by atomic mass is 19.1. The van der Waals surface area contributed by atoms with Gasteiger partial charge in [-0.25, -0.2) is 4.39 Å². The summed E-state index contributed by atoms with van der Waals surface area (Å²) >= 11 is 0. The lowest BCUT2D eigenvalue weighted by molar-refractivity contribution is -0.138. The van der Waals surface area contributed by atoms with Crippen molar-refractivity contribution >= 4 is 11.7 Å². The van der Waals surface area contributed by atoms with Crippen molar-refractivity contribution in [3.05, 3.63) is 30.1 Å². The predicted molar refractivity (Wildman–Crippen MR) is 75.8 cm³/mol. The lowest BCUT2D eigenvalue weighted by Gasteiger charge is -2.23. The van der Waals surface area contributed by atoms with Crippen LogP contribution < -0.4 is 5.32 Å². The third kappa shape index (κ3) is 3.33. The van der Waals surface area contributed by atoms with Crippen LogP contribution in [0.2, 0.25) is 0 Å². The molecule has 5 nitrogen and oxygen atoms in total. The number of rotatable bonds is 4. The maximum absolute atomic E-state index is 13.2. The van der Waals surface area contributed by atoms with Crippen LogP contribution in [-0.2, 0) is 9.53 Å². The molecule has 1 spiro atoms. The van der Waals surface area contributed by atoms with E-state index in [-0.39, 0.29) is 24.0 Å². The minimum absolute atomic E-state index is 0.0626. The van der Waals surface area contributed by atoms with Crippen molar-refractivity contribution < 1.29 is 19.0 Å². The Labute approximate surface area is 122 Å². The summed E-state index contributed by atoms with van der Waals surface area (Å²) in [5.74, 6) is -1.07. The van der Waals surface area contributed by atoms with Gasteiger partial charge in [0, 0.05) is 25.2 Å². The molecule has 0 saturated carbocycles. The van der Waals surface area contributed by atoms with E-state index in [2.05, 4.69) is 5.32 Å². The van der Waals surface area contributed by atoms with Crippen molar-refractivity contribution in [2.75, 3.05) is 31.6 Å². The van der Waals surface area contributed by atoms with E-state index in [0.717, 1.165) is 25.1 Å². The summed E-state index contributed by atoms with van der Waals surface area (Å²) < 4.78 is 19.1. The topological polar surface area (TPSA) is 61.8 Å². The van der Waals surface area contributed by atoms with Gasteiger partial charge in [0.2, 0.25) is 0 Å². The third-order valence-corrected chi connectivity index (χ3v) is 4.16. The van der Waals surface area contributed by atoms with Crippen molar-refractivity contribution in [1.29, 1.82) is 0 Å². The van der Waals surface area contributed by atoms with Crippen LogP contribution in [-0.4, -0.2) is 53.9 Å². The van der Waals surface area contributed by atoms with E-state index in [0.29, 0.717) is 13.2 Å². The Morgan fingerprint density at radius 1 is 1.57 bits per heavy atom. The summed E-state index contributed by atoms with van der Waals surface area (Å²) in [5, 5.41) is 12.1. The molecule has 0 unspecified atom stereocenters. The van der Waals surface area contributed by atoms with Gasteiger partial charge in [0.15, 0.2) is 0 Å². The second kappa shape index (κ2) is 5.61. The first-order valence-electron chi connectivity index (χ1n) is 7.15. The van der Waals surface area contributed by atoms with E-state index in [9.17, 15) is 9.18 Å². The molecule has 1 aromatic rings. The number of anilines is 1. The van der Waals surface area contributed by atoms with Gasteiger partial charge < -0.3 is 15.2 Å². The van der Waals surface area contributed by atoms with Gasteiger partial charge in [-0.1, -0.05) is 6.07 Å². The predicted octanol–water partition coefficient (Wildman–Crippen LogP) is 1.56. The van der Waals surface area contributed by atoms with E-state index in [4.69, 9.17) is 9.84 Å². The average Bonchev–Trinajstić information content (AvgIpc) is 2.97. The van der Waals surface area contributed by atoms with Crippen LogP contribution in [0.3, 0.4) is 0 Å². The Hall–Kier alpha value is -1.66. The fraction of sp³-hybridized carbons (Fsp3) is 0.533. The maximum atomic E-state index is 13.2. The summed E-state index contributed by atoms with van der Waals surface area (Å²) in [7, 11) is 0. The maximum Gasteiger partial charge on any atom is 0.317 e. The number of aliphatic carboxylic acids is 1. The minimum atomic E-state index is -0.806. The largest absolute Gasteiger partial charge is 0.480 e. The van der Waals surface area contributed by atoms with E-state index >= 15 is 0 Å². The Bertz CT molecular complexity index is 539. The lowest BCUT2D eigenvalue weighted by Crippen LogP contribution is -2.35. The standard InChI is InChI=1S/C15H19FN2O3/c16-11-2-1-3-12(6-11)17-13-7-15(21-9-13)4-5-18(10-15)8-14(19)20/h1-3,6,13,17H,4-5,7-10H2,(H,19,20)/t13-,15+/m1/s1. The zero-order valence-corrected chi connectivity index (χ0v) is 11.7. The number of likely N-dealkylation sites (tertiary alicyclic amines) is 1. The molecule has 2 aliphatic heterocycles. The van der Waals surface area contributed by atoms with Gasteiger partial charge in [-0.3, -0.25) is 9.69 Å². The van der Waals surface area contributed by atoms with Crippen molar-refractivity contribution in [3.63, 3.8) is 0 Å². The first kappa shape index (κ1) is 14.3. The van der Waals surface area contributed by atoms with Crippen molar-refractivity contribution in [2.45, 2.75) is 24.5 Å². The molecule has 0 amide bonds. The molecule has 0 aromatic heterocycles. The van der Waals surface area contributed by atoms with Crippen LogP contribution in [0, 0.1) is 5.82 Å². The molecular formula is C15H19FN2O3. The van der Waals surface area contributed by atoms with Crippen LogP contribution in [0.5, 0.6) is 0 Å². The number of nitrogens with one attached hydrogen (secondary N) is 1. The summed E-state index contributed by atoms with van der Waals surface area (Å²) in [5.41, 5.74) is 0.501. The summed E-state index contributed by atoms with van der Waals surface area (Å²) in [6, 6.07) is 6.53. The highest BCUT2D eigenvalue weighted by Gasteiger charge is 2.45. The SMILES string of the molecule is O=C(O)CN1CC[C@]2(C[C@@H](Nc3cccc(F)c3)CO2)C1. The molecule has 6 heteroatoms. The first-order chi connectivity index (χ1) is 10.0. The molecule has 0 bridgehead atoms. The summed E-state index contributed by atoms with van der Waals surface area (Å²) in [6.07, 6.45) is 1.67. The van der Waals surface area contributed by atoms with E-state index in [1.807, 2.05) is 11.0 Å². The van der Waals surface area contributed by atoms with Gasteiger partial charge in [-0.05, 0) is 24.6 Å². The van der Waals surface area contributed by atoms with Crippen molar-refractivity contribution in [3.8, 4) is 0 Å². The van der Waals surface area contributed by atoms with Gasteiger partial charge in [0.1, 0.15) is 5.82 Å². The van der Waals surface area contributed by atoms with Crippen LogP contribution in [0.25, 0.3) is 0 Å². The number of carboxylic acids is 1. The highest BCUT2D eigenvalue weighted by Crippen LogP contribution is 2.36. The Kier molecular flexibility index (Phi) is 3.82. The smallest absolute Gasteiger partial charge is 0.317 e. The molecule has 2 heterocycles. The number of nitrogens with zero attached hydrogens (tertiary/aromatic N) is 1. The molecule has 2 N–H and O–H groups in total. The minimum Gasteiger partial charge on any atom is -0.480 e. The van der Waals surface area contributed by atoms with Gasteiger partial charge in [0.05, 0.1) is 24.8 Å². The average molecular weight is 294 g/mol. The second-order valence-corrected chi connectivity index (χ2v) is 5.90. The zero-order valence-electron chi connectivity index (χ0n) is 11.7. The number of ether oxygens (including phenoxy) is 1. The van der Waals surface area contributed by atoms with Gasteiger partial charge in [0.25, 0.3) is 0 Å². The third-order valence-electron chi connectivity index (χ3n) is 4.16. The number of carbonyl (C=O) groups is 1. The molecule has 2 fully saturated rings. The quantitative estimate of drug-likeness (QED) is 0.882. The molecule has 2 atom stereocenters. The van der Waals surface area contributed by atoms with E-state index in [1.54, 1.807) is 6.07 Å². The fourth-order valence-corrected chi connectivity index (χ4v) is 3.29. The number of carboxylic acid groups (broad SMARTS) is 1. The number of hydrogen-bond acceptors (Lipinski definition) is 4. The van der Waals surface area contributed by atoms with Crippen molar-refractivity contribution in [1.82, 2.24) is 4.90 Å². The van der Waals surface area contributed by atoms with E-state index in [1.165, 1.54) is 12.1 Å². The summed E-state index contributed by atoms with van der Waals surface area (Å²) in [6.45, 7) is 2.03. The second-order valence-electron chi connectivity index (χ2n) is 5.90. The Morgan fingerprint density at radius 2 is 2.43 bits per heavy atom. The molecule has 3 rings (SSSR count). The zero-order chi connectivity index (χ0) is 14.9. The Morgan fingerprint density at radius 3 is 3.19 bits per heavy atom. The van der Waals surface area contributed by atoms with E-state index < -0.39 is 5.97 Å².